The highest BCUT2D eigenvalue weighted by atomic mass is 16.3. The maximum atomic E-state index is 9.20. The summed E-state index contributed by atoms with van der Waals surface area (Å²) in [6.45, 7) is 6.36. The molecule has 1 fully saturated rings. The summed E-state index contributed by atoms with van der Waals surface area (Å²) in [4.78, 5) is 4.83. The standard InChI is InChI=1S/C19H26N2O2/c1-15-3-8-19(23-15)17-6-4-16(5-7-17)13-21-11-10-20(2)18(14-21)9-12-22/h3-8,18,22H,9-14H2,1-2H3. The molecule has 0 radical (unpaired) electrons. The second kappa shape index (κ2) is 7.30. The number of aliphatic hydroxyl groups excluding tert-OH is 1. The van der Waals surface area contributed by atoms with Crippen molar-refractivity contribution in [3.63, 3.8) is 0 Å². The molecule has 1 aliphatic rings. The van der Waals surface area contributed by atoms with E-state index in [1.54, 1.807) is 0 Å². The second-order valence-electron chi connectivity index (χ2n) is 6.49. The highest BCUT2D eigenvalue weighted by Crippen LogP contribution is 2.23. The first-order valence-electron chi connectivity index (χ1n) is 8.35. The average Bonchev–Trinajstić information content (AvgIpc) is 2.98. The van der Waals surface area contributed by atoms with Gasteiger partial charge in [-0.05, 0) is 38.1 Å². The van der Waals surface area contributed by atoms with Gasteiger partial charge in [0.1, 0.15) is 11.5 Å². The number of hydrogen-bond donors (Lipinski definition) is 1. The fourth-order valence-corrected chi connectivity index (χ4v) is 3.24. The average molecular weight is 314 g/mol. The van der Waals surface area contributed by atoms with E-state index in [4.69, 9.17) is 4.42 Å². The molecule has 0 aliphatic carbocycles. The molecule has 1 aromatic carbocycles. The van der Waals surface area contributed by atoms with E-state index in [9.17, 15) is 5.11 Å². The summed E-state index contributed by atoms with van der Waals surface area (Å²) in [5.41, 5.74) is 2.45. The van der Waals surface area contributed by atoms with Crippen molar-refractivity contribution in [3.8, 4) is 11.3 Å². The number of likely N-dealkylation sites (N-methyl/N-ethyl adjacent to an activating group) is 1. The molecule has 4 nitrogen and oxygen atoms in total. The lowest BCUT2D eigenvalue weighted by molar-refractivity contribution is 0.0743. The van der Waals surface area contributed by atoms with Crippen LogP contribution in [0.15, 0.2) is 40.8 Å². The van der Waals surface area contributed by atoms with Gasteiger partial charge in [0.05, 0.1) is 0 Å². The van der Waals surface area contributed by atoms with Crippen LogP contribution in [0.3, 0.4) is 0 Å². The van der Waals surface area contributed by atoms with Crippen molar-refractivity contribution in [2.75, 3.05) is 33.3 Å². The van der Waals surface area contributed by atoms with Crippen molar-refractivity contribution < 1.29 is 9.52 Å². The van der Waals surface area contributed by atoms with Crippen LogP contribution in [-0.2, 0) is 6.54 Å². The van der Waals surface area contributed by atoms with Gasteiger partial charge in [0, 0.05) is 44.4 Å². The largest absolute Gasteiger partial charge is 0.461 e. The Balaban J connectivity index is 1.62. The molecule has 0 spiro atoms. The van der Waals surface area contributed by atoms with Crippen LogP contribution < -0.4 is 0 Å². The molecular formula is C19H26N2O2. The number of hydrogen-bond acceptors (Lipinski definition) is 4. The van der Waals surface area contributed by atoms with Crippen LogP contribution in [0.1, 0.15) is 17.7 Å². The Morgan fingerprint density at radius 1 is 1.13 bits per heavy atom. The molecule has 1 atom stereocenters. The molecular weight excluding hydrogens is 288 g/mol. The summed E-state index contributed by atoms with van der Waals surface area (Å²) in [6, 6.07) is 13.1. The van der Waals surface area contributed by atoms with E-state index in [-0.39, 0.29) is 6.61 Å². The van der Waals surface area contributed by atoms with Crippen molar-refractivity contribution >= 4 is 0 Å². The maximum absolute atomic E-state index is 9.20. The van der Waals surface area contributed by atoms with E-state index in [0.717, 1.165) is 49.7 Å². The Bertz CT molecular complexity index is 621. The Hall–Kier alpha value is -1.62. The Morgan fingerprint density at radius 3 is 2.57 bits per heavy atom. The highest BCUT2D eigenvalue weighted by molar-refractivity contribution is 5.57. The summed E-state index contributed by atoms with van der Waals surface area (Å²) >= 11 is 0. The molecule has 1 unspecified atom stereocenters. The van der Waals surface area contributed by atoms with Crippen LogP contribution in [0, 0.1) is 6.92 Å². The van der Waals surface area contributed by atoms with Crippen LogP contribution in [0.4, 0.5) is 0 Å². The first-order valence-corrected chi connectivity index (χ1v) is 8.35. The monoisotopic (exact) mass is 314 g/mol. The van der Waals surface area contributed by atoms with Crippen molar-refractivity contribution in [2.45, 2.75) is 25.9 Å². The van der Waals surface area contributed by atoms with Crippen LogP contribution in [0.2, 0.25) is 0 Å². The summed E-state index contributed by atoms with van der Waals surface area (Å²) in [5, 5.41) is 9.20. The predicted octanol–water partition coefficient (Wildman–Crippen LogP) is 2.75. The molecule has 2 aromatic rings. The SMILES string of the molecule is Cc1ccc(-c2ccc(CN3CCN(C)C(CCO)C3)cc2)o1. The van der Waals surface area contributed by atoms with Crippen molar-refractivity contribution in [1.29, 1.82) is 0 Å². The second-order valence-corrected chi connectivity index (χ2v) is 6.49. The zero-order valence-corrected chi connectivity index (χ0v) is 14.0. The van der Waals surface area contributed by atoms with E-state index in [2.05, 4.69) is 41.1 Å². The molecule has 4 heteroatoms. The lowest BCUT2D eigenvalue weighted by atomic mass is 10.1. The van der Waals surface area contributed by atoms with Crippen LogP contribution >= 0.6 is 0 Å². The zero-order chi connectivity index (χ0) is 16.2. The van der Waals surface area contributed by atoms with E-state index < -0.39 is 0 Å². The van der Waals surface area contributed by atoms with Crippen LogP contribution in [-0.4, -0.2) is 54.2 Å². The van der Waals surface area contributed by atoms with Gasteiger partial charge < -0.3 is 14.4 Å². The third kappa shape index (κ3) is 4.02. The van der Waals surface area contributed by atoms with Crippen LogP contribution in [0.5, 0.6) is 0 Å². The van der Waals surface area contributed by atoms with Gasteiger partial charge in [-0.25, -0.2) is 0 Å². The van der Waals surface area contributed by atoms with Gasteiger partial charge in [0.15, 0.2) is 0 Å². The summed E-state index contributed by atoms with van der Waals surface area (Å²) < 4.78 is 5.67. The summed E-state index contributed by atoms with van der Waals surface area (Å²) in [6.07, 6.45) is 0.851. The number of rotatable bonds is 5. The molecule has 2 heterocycles. The molecule has 0 amide bonds. The quantitative estimate of drug-likeness (QED) is 0.921. The number of benzene rings is 1. The van der Waals surface area contributed by atoms with Crippen molar-refractivity contribution in [1.82, 2.24) is 9.80 Å². The van der Waals surface area contributed by atoms with Gasteiger partial charge in [-0.15, -0.1) is 0 Å². The van der Waals surface area contributed by atoms with Gasteiger partial charge in [-0.1, -0.05) is 24.3 Å². The molecule has 1 saturated heterocycles. The van der Waals surface area contributed by atoms with E-state index in [0.29, 0.717) is 6.04 Å². The fourth-order valence-electron chi connectivity index (χ4n) is 3.24. The molecule has 3 rings (SSSR count). The Morgan fingerprint density at radius 2 is 1.91 bits per heavy atom. The van der Waals surface area contributed by atoms with Gasteiger partial charge in [0.2, 0.25) is 0 Å². The molecule has 124 valence electrons. The number of nitrogens with zero attached hydrogens (tertiary/aromatic N) is 2. The smallest absolute Gasteiger partial charge is 0.134 e. The van der Waals surface area contributed by atoms with Gasteiger partial charge in [0.25, 0.3) is 0 Å². The number of piperazine rings is 1. The fraction of sp³-hybridized carbons (Fsp3) is 0.474. The Labute approximate surface area is 138 Å². The molecule has 0 bridgehead atoms. The predicted molar refractivity (Wildman–Crippen MR) is 92.3 cm³/mol. The van der Waals surface area contributed by atoms with Crippen LogP contribution in [0.25, 0.3) is 11.3 Å². The lowest BCUT2D eigenvalue weighted by Crippen LogP contribution is -2.51. The van der Waals surface area contributed by atoms with Gasteiger partial charge in [-0.3, -0.25) is 4.90 Å². The topological polar surface area (TPSA) is 39.9 Å². The van der Waals surface area contributed by atoms with Crippen molar-refractivity contribution in [2.24, 2.45) is 0 Å². The number of aliphatic hydroxyl groups is 1. The van der Waals surface area contributed by atoms with E-state index in [1.807, 2.05) is 19.1 Å². The molecule has 0 saturated carbocycles. The molecule has 1 aromatic heterocycles. The maximum Gasteiger partial charge on any atom is 0.134 e. The van der Waals surface area contributed by atoms with E-state index >= 15 is 0 Å². The van der Waals surface area contributed by atoms with E-state index in [1.165, 1.54) is 5.56 Å². The number of furan rings is 1. The molecule has 23 heavy (non-hydrogen) atoms. The van der Waals surface area contributed by atoms with Gasteiger partial charge >= 0.3 is 0 Å². The molecule has 1 N–H and O–H groups in total. The minimum absolute atomic E-state index is 0.264. The third-order valence-electron chi connectivity index (χ3n) is 4.71. The zero-order valence-electron chi connectivity index (χ0n) is 14.0. The molecule has 1 aliphatic heterocycles. The minimum atomic E-state index is 0.264. The highest BCUT2D eigenvalue weighted by Gasteiger charge is 2.23. The minimum Gasteiger partial charge on any atom is -0.461 e. The van der Waals surface area contributed by atoms with Crippen molar-refractivity contribution in [3.05, 3.63) is 47.7 Å². The first-order chi connectivity index (χ1) is 11.2. The number of aryl methyl sites for hydroxylation is 1. The summed E-state index contributed by atoms with van der Waals surface area (Å²) in [5.74, 6) is 1.87. The summed E-state index contributed by atoms with van der Waals surface area (Å²) in [7, 11) is 2.15. The lowest BCUT2D eigenvalue weighted by Gasteiger charge is -2.39. The Kier molecular flexibility index (Phi) is 5.16. The normalized spacial score (nSPS) is 20.0. The third-order valence-corrected chi connectivity index (χ3v) is 4.71. The first kappa shape index (κ1) is 16.2. The van der Waals surface area contributed by atoms with Gasteiger partial charge in [-0.2, -0.15) is 0 Å².